The van der Waals surface area contributed by atoms with Crippen molar-refractivity contribution < 1.29 is 9.47 Å². The Morgan fingerprint density at radius 2 is 2.00 bits per heavy atom. The van der Waals surface area contributed by atoms with Crippen molar-refractivity contribution >= 4 is 11.6 Å². The number of alkyl halides is 1. The predicted octanol–water partition coefficient (Wildman–Crippen LogP) is 2.13. The van der Waals surface area contributed by atoms with Crippen molar-refractivity contribution in [1.82, 2.24) is 4.90 Å². The summed E-state index contributed by atoms with van der Waals surface area (Å²) in [6, 6.07) is 0.790. The van der Waals surface area contributed by atoms with E-state index in [0.29, 0.717) is 13.2 Å². The molecule has 4 heteroatoms. The molecular formula is C12H24ClNO2. The zero-order valence-corrected chi connectivity index (χ0v) is 11.0. The SMILES string of the molecule is COCCOCCCN(CCCl)C1CCC1. The molecule has 0 saturated heterocycles. The molecule has 1 aliphatic rings. The molecule has 0 aliphatic heterocycles. The molecule has 0 aromatic heterocycles. The van der Waals surface area contributed by atoms with Gasteiger partial charge in [-0.05, 0) is 19.3 Å². The van der Waals surface area contributed by atoms with Gasteiger partial charge in [0.25, 0.3) is 0 Å². The highest BCUT2D eigenvalue weighted by molar-refractivity contribution is 6.18. The first-order chi connectivity index (χ1) is 7.88. The number of hydrogen-bond acceptors (Lipinski definition) is 3. The van der Waals surface area contributed by atoms with Crippen LogP contribution < -0.4 is 0 Å². The normalized spacial score (nSPS) is 16.7. The molecule has 0 heterocycles. The molecule has 16 heavy (non-hydrogen) atoms. The van der Waals surface area contributed by atoms with E-state index in [2.05, 4.69) is 4.90 Å². The van der Waals surface area contributed by atoms with Crippen LogP contribution in [0.15, 0.2) is 0 Å². The molecule has 0 amide bonds. The summed E-state index contributed by atoms with van der Waals surface area (Å²) >= 11 is 5.81. The van der Waals surface area contributed by atoms with E-state index in [0.717, 1.165) is 38.0 Å². The maximum atomic E-state index is 5.81. The molecule has 0 aromatic rings. The summed E-state index contributed by atoms with van der Waals surface area (Å²) in [5, 5.41) is 0. The first-order valence-electron chi connectivity index (χ1n) is 6.25. The van der Waals surface area contributed by atoms with Crippen LogP contribution in [0.2, 0.25) is 0 Å². The number of rotatable bonds is 10. The molecular weight excluding hydrogens is 226 g/mol. The Balaban J connectivity index is 1.98. The predicted molar refractivity (Wildman–Crippen MR) is 67.2 cm³/mol. The molecule has 96 valence electrons. The van der Waals surface area contributed by atoms with Crippen molar-refractivity contribution in [2.45, 2.75) is 31.7 Å². The van der Waals surface area contributed by atoms with Gasteiger partial charge in [-0.2, -0.15) is 0 Å². The van der Waals surface area contributed by atoms with Gasteiger partial charge in [0, 0.05) is 38.7 Å². The van der Waals surface area contributed by atoms with Gasteiger partial charge in [0.15, 0.2) is 0 Å². The quantitative estimate of drug-likeness (QED) is 0.437. The van der Waals surface area contributed by atoms with Gasteiger partial charge in [-0.3, -0.25) is 4.90 Å². The minimum Gasteiger partial charge on any atom is -0.382 e. The molecule has 0 bridgehead atoms. The average Bonchev–Trinajstić information content (AvgIpc) is 2.21. The van der Waals surface area contributed by atoms with Crippen LogP contribution in [0, 0.1) is 0 Å². The highest BCUT2D eigenvalue weighted by atomic mass is 35.5. The largest absolute Gasteiger partial charge is 0.382 e. The fourth-order valence-electron chi connectivity index (χ4n) is 1.95. The van der Waals surface area contributed by atoms with E-state index in [1.807, 2.05) is 0 Å². The lowest BCUT2D eigenvalue weighted by Gasteiger charge is -2.37. The van der Waals surface area contributed by atoms with Gasteiger partial charge in [0.1, 0.15) is 0 Å². The van der Waals surface area contributed by atoms with Crippen LogP contribution in [0.5, 0.6) is 0 Å². The van der Waals surface area contributed by atoms with Crippen LogP contribution in [-0.2, 0) is 9.47 Å². The molecule has 0 atom stereocenters. The Labute approximate surface area is 104 Å². The second-order valence-corrected chi connectivity index (χ2v) is 4.65. The zero-order valence-electron chi connectivity index (χ0n) is 10.3. The Hall–Kier alpha value is 0.170. The second-order valence-electron chi connectivity index (χ2n) is 4.27. The highest BCUT2D eigenvalue weighted by Crippen LogP contribution is 2.24. The molecule has 1 saturated carbocycles. The summed E-state index contributed by atoms with van der Waals surface area (Å²) in [5.74, 6) is 0.737. The van der Waals surface area contributed by atoms with E-state index in [4.69, 9.17) is 21.1 Å². The van der Waals surface area contributed by atoms with E-state index in [1.54, 1.807) is 7.11 Å². The highest BCUT2D eigenvalue weighted by Gasteiger charge is 2.23. The number of ether oxygens (including phenoxy) is 2. The third kappa shape index (κ3) is 5.48. The van der Waals surface area contributed by atoms with Gasteiger partial charge in [0.05, 0.1) is 13.2 Å². The van der Waals surface area contributed by atoms with E-state index in [1.165, 1.54) is 19.3 Å². The Kier molecular flexibility index (Phi) is 8.21. The summed E-state index contributed by atoms with van der Waals surface area (Å²) in [5.41, 5.74) is 0. The number of hydrogen-bond donors (Lipinski definition) is 0. The van der Waals surface area contributed by atoms with Crippen molar-refractivity contribution in [3.8, 4) is 0 Å². The van der Waals surface area contributed by atoms with Crippen molar-refractivity contribution in [2.24, 2.45) is 0 Å². The molecule has 1 fully saturated rings. The van der Waals surface area contributed by atoms with E-state index in [9.17, 15) is 0 Å². The van der Waals surface area contributed by atoms with Crippen LogP contribution in [-0.4, -0.2) is 56.8 Å². The van der Waals surface area contributed by atoms with Gasteiger partial charge >= 0.3 is 0 Å². The molecule has 1 aliphatic carbocycles. The van der Waals surface area contributed by atoms with Crippen molar-refractivity contribution in [2.75, 3.05) is 45.9 Å². The molecule has 0 unspecified atom stereocenters. The second kappa shape index (κ2) is 9.23. The molecule has 0 aromatic carbocycles. The number of methoxy groups -OCH3 is 1. The fraction of sp³-hybridized carbons (Fsp3) is 1.00. The van der Waals surface area contributed by atoms with E-state index in [-0.39, 0.29) is 0 Å². The number of halogens is 1. The Bertz CT molecular complexity index is 165. The van der Waals surface area contributed by atoms with Gasteiger partial charge in [-0.25, -0.2) is 0 Å². The summed E-state index contributed by atoms with van der Waals surface area (Å²) in [4.78, 5) is 2.51. The van der Waals surface area contributed by atoms with Crippen LogP contribution in [0.4, 0.5) is 0 Å². The first kappa shape index (κ1) is 14.2. The molecule has 3 nitrogen and oxygen atoms in total. The van der Waals surface area contributed by atoms with Gasteiger partial charge in [-0.1, -0.05) is 6.42 Å². The fourth-order valence-corrected chi connectivity index (χ4v) is 2.17. The van der Waals surface area contributed by atoms with Gasteiger partial charge < -0.3 is 9.47 Å². The third-order valence-corrected chi connectivity index (χ3v) is 3.30. The minimum atomic E-state index is 0.689. The van der Waals surface area contributed by atoms with Gasteiger partial charge in [-0.15, -0.1) is 11.6 Å². The minimum absolute atomic E-state index is 0.689. The average molecular weight is 250 g/mol. The smallest absolute Gasteiger partial charge is 0.0700 e. The zero-order chi connectivity index (χ0) is 11.6. The van der Waals surface area contributed by atoms with E-state index >= 15 is 0 Å². The van der Waals surface area contributed by atoms with Crippen molar-refractivity contribution in [1.29, 1.82) is 0 Å². The topological polar surface area (TPSA) is 21.7 Å². The molecule has 0 spiro atoms. The van der Waals surface area contributed by atoms with Crippen LogP contribution in [0.25, 0.3) is 0 Å². The molecule has 0 N–H and O–H groups in total. The lowest BCUT2D eigenvalue weighted by atomic mass is 9.91. The maximum absolute atomic E-state index is 5.81. The Morgan fingerprint density at radius 3 is 2.56 bits per heavy atom. The number of nitrogens with zero attached hydrogens (tertiary/aromatic N) is 1. The summed E-state index contributed by atoms with van der Waals surface area (Å²) in [6.45, 7) is 4.35. The van der Waals surface area contributed by atoms with Crippen LogP contribution >= 0.6 is 11.6 Å². The van der Waals surface area contributed by atoms with Crippen LogP contribution in [0.3, 0.4) is 0 Å². The summed E-state index contributed by atoms with van der Waals surface area (Å²) < 4.78 is 10.4. The third-order valence-electron chi connectivity index (χ3n) is 3.13. The van der Waals surface area contributed by atoms with E-state index < -0.39 is 0 Å². The van der Waals surface area contributed by atoms with Crippen LogP contribution in [0.1, 0.15) is 25.7 Å². The van der Waals surface area contributed by atoms with Crippen molar-refractivity contribution in [3.63, 3.8) is 0 Å². The standard InChI is InChI=1S/C12H24ClNO2/c1-15-10-11-16-9-3-7-14(8-6-13)12-4-2-5-12/h12H,2-11H2,1H3. The maximum Gasteiger partial charge on any atom is 0.0700 e. The molecule has 1 rings (SSSR count). The van der Waals surface area contributed by atoms with Gasteiger partial charge in [0.2, 0.25) is 0 Å². The summed E-state index contributed by atoms with van der Waals surface area (Å²) in [7, 11) is 1.70. The lowest BCUT2D eigenvalue weighted by molar-refractivity contribution is 0.0585. The molecule has 0 radical (unpaired) electrons. The lowest BCUT2D eigenvalue weighted by Crippen LogP contribution is -2.42. The Morgan fingerprint density at radius 1 is 1.19 bits per heavy atom. The van der Waals surface area contributed by atoms with Crippen molar-refractivity contribution in [3.05, 3.63) is 0 Å². The first-order valence-corrected chi connectivity index (χ1v) is 6.78. The summed E-state index contributed by atoms with van der Waals surface area (Å²) in [6.07, 6.45) is 5.17. The monoisotopic (exact) mass is 249 g/mol.